The lowest BCUT2D eigenvalue weighted by Crippen LogP contribution is -2.32. The van der Waals surface area contributed by atoms with Crippen LogP contribution in [0, 0.1) is 12.8 Å². The topological polar surface area (TPSA) is 70.1 Å². The van der Waals surface area contributed by atoms with Crippen molar-refractivity contribution in [2.24, 2.45) is 5.92 Å². The van der Waals surface area contributed by atoms with Gasteiger partial charge in [-0.05, 0) is 80.6 Å². The molecule has 2 fully saturated rings. The summed E-state index contributed by atoms with van der Waals surface area (Å²) in [5, 5.41) is 7.87. The Morgan fingerprint density at radius 1 is 1.00 bits per heavy atom. The number of fused-ring (bicyclic) bond motifs is 4. The van der Waals surface area contributed by atoms with Gasteiger partial charge in [-0.15, -0.1) is 11.3 Å². The van der Waals surface area contributed by atoms with Crippen molar-refractivity contribution in [2.45, 2.75) is 32.2 Å². The third-order valence-electron chi connectivity index (χ3n) is 6.39. The highest BCUT2D eigenvalue weighted by Crippen LogP contribution is 2.39. The van der Waals surface area contributed by atoms with E-state index >= 15 is 0 Å². The summed E-state index contributed by atoms with van der Waals surface area (Å²) in [5.41, 5.74) is 3.41. The number of carbonyl (C=O) groups excluding carboxylic acids is 1. The van der Waals surface area contributed by atoms with Crippen molar-refractivity contribution in [3.63, 3.8) is 0 Å². The molecular weight excluding hydrogens is 406 g/mol. The number of nitrogens with one attached hydrogen (secondary N) is 2. The van der Waals surface area contributed by atoms with Crippen molar-refractivity contribution in [1.82, 2.24) is 9.97 Å². The second-order valence-corrected chi connectivity index (χ2v) is 9.79. The number of rotatable bonds is 3. The molecule has 2 N–H and O–H groups in total. The summed E-state index contributed by atoms with van der Waals surface area (Å²) >= 11 is 1.62. The summed E-state index contributed by atoms with van der Waals surface area (Å²) in [7, 11) is 0. The van der Waals surface area contributed by atoms with Gasteiger partial charge in [0.05, 0.1) is 20.7 Å². The van der Waals surface area contributed by atoms with E-state index in [-0.39, 0.29) is 6.03 Å². The quantitative estimate of drug-likeness (QED) is 0.433. The minimum absolute atomic E-state index is 0.266. The monoisotopic (exact) mass is 429 g/mol. The van der Waals surface area contributed by atoms with Crippen LogP contribution in [0.4, 0.5) is 22.0 Å². The Bertz CT molecular complexity index is 1320. The minimum atomic E-state index is -0.266. The second kappa shape index (κ2) is 7.20. The van der Waals surface area contributed by atoms with Gasteiger partial charge in [0, 0.05) is 29.3 Å². The van der Waals surface area contributed by atoms with Crippen LogP contribution in [-0.4, -0.2) is 28.6 Å². The molecule has 2 aromatic heterocycles. The third-order valence-corrected chi connectivity index (χ3v) is 7.32. The Morgan fingerprint density at radius 3 is 2.58 bits per heavy atom. The number of nitrogens with zero attached hydrogens (tertiary/aromatic N) is 3. The molecule has 3 heterocycles. The van der Waals surface area contributed by atoms with Gasteiger partial charge in [-0.2, -0.15) is 0 Å². The van der Waals surface area contributed by atoms with E-state index in [9.17, 15) is 4.79 Å². The lowest BCUT2D eigenvalue weighted by Gasteiger charge is -2.28. The van der Waals surface area contributed by atoms with Gasteiger partial charge in [0.15, 0.2) is 0 Å². The lowest BCUT2D eigenvalue weighted by atomic mass is 10.1. The molecular formula is C24H23N5OS. The number of anilines is 3. The van der Waals surface area contributed by atoms with Crippen molar-refractivity contribution >= 4 is 55.7 Å². The van der Waals surface area contributed by atoms with E-state index in [1.165, 1.54) is 19.3 Å². The first kappa shape index (κ1) is 18.6. The van der Waals surface area contributed by atoms with Crippen LogP contribution in [0.5, 0.6) is 0 Å². The maximum Gasteiger partial charge on any atom is 0.323 e. The number of aryl methyl sites for hydroxylation is 1. The van der Waals surface area contributed by atoms with E-state index in [0.29, 0.717) is 6.04 Å². The molecule has 6 nitrogen and oxygen atoms in total. The summed E-state index contributed by atoms with van der Waals surface area (Å²) < 4.78 is 1.06. The zero-order chi connectivity index (χ0) is 20.9. The summed E-state index contributed by atoms with van der Waals surface area (Å²) in [6, 6.07) is 16.2. The molecule has 1 saturated carbocycles. The van der Waals surface area contributed by atoms with Gasteiger partial charge in [-0.3, -0.25) is 0 Å². The average Bonchev–Trinajstić information content (AvgIpc) is 3.48. The number of aromatic nitrogens is 2. The summed E-state index contributed by atoms with van der Waals surface area (Å²) in [6.07, 6.45) is 3.97. The minimum Gasteiger partial charge on any atom is -0.353 e. The van der Waals surface area contributed by atoms with Crippen LogP contribution in [0.25, 0.3) is 21.1 Å². The van der Waals surface area contributed by atoms with Gasteiger partial charge >= 0.3 is 6.03 Å². The van der Waals surface area contributed by atoms with Crippen LogP contribution < -0.4 is 15.5 Å². The van der Waals surface area contributed by atoms with Crippen molar-refractivity contribution < 1.29 is 4.79 Å². The third kappa shape index (κ3) is 3.49. The van der Waals surface area contributed by atoms with Crippen LogP contribution in [0.2, 0.25) is 0 Å². The molecule has 7 heteroatoms. The molecule has 0 spiro atoms. The molecule has 1 aliphatic heterocycles. The molecule has 2 amide bonds. The standard InChI is InChI=1S/C24H23N5OS/c1-14-25-21-8-5-18(12-22(21)31-14)27-24(30)26-17-4-7-20-16(11-17)3-9-23(28-20)29-13-15-2-6-19(29)10-15/h3-5,7-9,11-12,15,19H,2,6,10,13H2,1H3,(H2,26,27,30). The molecule has 6 rings (SSSR count). The van der Waals surface area contributed by atoms with Crippen molar-refractivity contribution in [2.75, 3.05) is 22.1 Å². The number of benzene rings is 2. The first-order valence-corrected chi connectivity index (χ1v) is 11.5. The van der Waals surface area contributed by atoms with Gasteiger partial charge in [-0.25, -0.2) is 14.8 Å². The molecule has 2 bridgehead atoms. The Morgan fingerprint density at radius 2 is 1.81 bits per heavy atom. The molecule has 2 aliphatic rings. The zero-order valence-electron chi connectivity index (χ0n) is 17.3. The van der Waals surface area contributed by atoms with Crippen LogP contribution in [0.3, 0.4) is 0 Å². The maximum atomic E-state index is 12.5. The van der Waals surface area contributed by atoms with E-state index in [1.807, 2.05) is 43.3 Å². The number of piperidine rings is 1. The SMILES string of the molecule is Cc1nc2ccc(NC(=O)Nc3ccc4nc(N5CC6CCC5C6)ccc4c3)cc2s1. The maximum absolute atomic E-state index is 12.5. The molecule has 4 aromatic rings. The summed E-state index contributed by atoms with van der Waals surface area (Å²) in [5.74, 6) is 1.92. The predicted molar refractivity (Wildman–Crippen MR) is 127 cm³/mol. The van der Waals surface area contributed by atoms with Crippen LogP contribution in [0.1, 0.15) is 24.3 Å². The van der Waals surface area contributed by atoms with E-state index in [1.54, 1.807) is 11.3 Å². The van der Waals surface area contributed by atoms with Crippen LogP contribution in [0.15, 0.2) is 48.5 Å². The molecule has 1 aliphatic carbocycles. The predicted octanol–water partition coefficient (Wildman–Crippen LogP) is 5.79. The van der Waals surface area contributed by atoms with E-state index < -0.39 is 0 Å². The molecule has 1 saturated heterocycles. The van der Waals surface area contributed by atoms with Crippen LogP contribution in [-0.2, 0) is 0 Å². The number of hydrogen-bond donors (Lipinski definition) is 2. The molecule has 2 atom stereocenters. The molecule has 2 aromatic carbocycles. The Hall–Kier alpha value is -3.19. The number of hydrogen-bond acceptors (Lipinski definition) is 5. The Kier molecular flexibility index (Phi) is 4.31. The summed E-state index contributed by atoms with van der Waals surface area (Å²) in [4.78, 5) is 24.3. The zero-order valence-corrected chi connectivity index (χ0v) is 18.1. The summed E-state index contributed by atoms with van der Waals surface area (Å²) in [6.45, 7) is 3.12. The first-order valence-electron chi connectivity index (χ1n) is 10.7. The largest absolute Gasteiger partial charge is 0.353 e. The number of pyridine rings is 1. The lowest BCUT2D eigenvalue weighted by molar-refractivity contribution is 0.262. The van der Waals surface area contributed by atoms with Crippen molar-refractivity contribution in [1.29, 1.82) is 0 Å². The number of carbonyl (C=O) groups is 1. The molecule has 0 radical (unpaired) electrons. The fourth-order valence-corrected chi connectivity index (χ4v) is 5.84. The highest BCUT2D eigenvalue weighted by Gasteiger charge is 2.38. The van der Waals surface area contributed by atoms with Crippen LogP contribution >= 0.6 is 11.3 Å². The van der Waals surface area contributed by atoms with Gasteiger partial charge < -0.3 is 15.5 Å². The normalized spacial score (nSPS) is 20.0. The van der Waals surface area contributed by atoms with Gasteiger partial charge in [-0.1, -0.05) is 0 Å². The number of urea groups is 1. The first-order chi connectivity index (χ1) is 15.1. The smallest absolute Gasteiger partial charge is 0.323 e. The highest BCUT2D eigenvalue weighted by molar-refractivity contribution is 7.18. The highest BCUT2D eigenvalue weighted by atomic mass is 32.1. The second-order valence-electron chi connectivity index (χ2n) is 8.56. The van der Waals surface area contributed by atoms with E-state index in [0.717, 1.165) is 55.8 Å². The Labute approximate surface area is 184 Å². The molecule has 2 unspecified atom stereocenters. The van der Waals surface area contributed by atoms with Gasteiger partial charge in [0.25, 0.3) is 0 Å². The average molecular weight is 430 g/mol. The molecule has 31 heavy (non-hydrogen) atoms. The molecule has 156 valence electrons. The van der Waals surface area contributed by atoms with E-state index in [4.69, 9.17) is 4.98 Å². The van der Waals surface area contributed by atoms with E-state index in [2.05, 4.69) is 32.7 Å². The van der Waals surface area contributed by atoms with Crippen molar-refractivity contribution in [3.8, 4) is 0 Å². The fourth-order valence-electron chi connectivity index (χ4n) is 4.97. The number of thiazole rings is 1. The Balaban J connectivity index is 1.17. The fraction of sp³-hybridized carbons (Fsp3) is 0.292. The van der Waals surface area contributed by atoms with Crippen molar-refractivity contribution in [3.05, 3.63) is 53.5 Å². The van der Waals surface area contributed by atoms with Gasteiger partial charge in [0.2, 0.25) is 0 Å². The number of amides is 2. The van der Waals surface area contributed by atoms with Gasteiger partial charge in [0.1, 0.15) is 5.82 Å².